The molecule has 0 bridgehead atoms. The number of esters is 1. The van der Waals surface area contributed by atoms with Crippen molar-refractivity contribution in [1.82, 2.24) is 4.98 Å². The lowest BCUT2D eigenvalue weighted by molar-refractivity contribution is -0.141. The monoisotopic (exact) mass is 395 g/mol. The van der Waals surface area contributed by atoms with Crippen LogP contribution in [0.2, 0.25) is 0 Å². The van der Waals surface area contributed by atoms with Gasteiger partial charge in [0.05, 0.1) is 17.7 Å². The van der Waals surface area contributed by atoms with Crippen LogP contribution in [0.15, 0.2) is 6.07 Å². The largest absolute Gasteiger partial charge is 0.462 e. The van der Waals surface area contributed by atoms with Gasteiger partial charge in [0, 0.05) is 0 Å². The van der Waals surface area contributed by atoms with Crippen LogP contribution in [0.4, 0.5) is 22.0 Å². The van der Waals surface area contributed by atoms with E-state index in [4.69, 9.17) is 0 Å². The van der Waals surface area contributed by atoms with E-state index in [-0.39, 0.29) is 12.7 Å². The van der Waals surface area contributed by atoms with Crippen molar-refractivity contribution in [3.8, 4) is 0 Å². The van der Waals surface area contributed by atoms with E-state index >= 15 is 0 Å². The first kappa shape index (κ1) is 16.1. The predicted octanol–water partition coefficient (Wildman–Crippen LogP) is 3.82. The molecule has 0 aliphatic heterocycles. The van der Waals surface area contributed by atoms with Crippen LogP contribution < -0.4 is 0 Å². The standard InChI is InChI=1S/C10H7F5INO2/c1-2-19-9(18)4-3-5(10(13,14)15)17-8(16)6(4)7(11)12/h3,7H,2H2,1H3. The summed E-state index contributed by atoms with van der Waals surface area (Å²) < 4.78 is 67.0. The number of ether oxygens (including phenoxy) is 1. The SMILES string of the molecule is CCOC(=O)c1cc(C(F)(F)F)nc(I)c1C(F)F. The van der Waals surface area contributed by atoms with Crippen molar-refractivity contribution < 1.29 is 31.5 Å². The second-order valence-electron chi connectivity index (χ2n) is 3.28. The molecule has 0 amide bonds. The molecular formula is C10H7F5INO2. The molecule has 0 aliphatic rings. The van der Waals surface area contributed by atoms with Crippen molar-refractivity contribution >= 4 is 28.6 Å². The third kappa shape index (κ3) is 3.74. The van der Waals surface area contributed by atoms with Gasteiger partial charge in [-0.25, -0.2) is 18.6 Å². The summed E-state index contributed by atoms with van der Waals surface area (Å²) in [6.07, 6.45) is -7.96. The van der Waals surface area contributed by atoms with E-state index in [0.717, 1.165) is 0 Å². The second-order valence-corrected chi connectivity index (χ2v) is 4.30. The van der Waals surface area contributed by atoms with Crippen LogP contribution in [-0.2, 0) is 10.9 Å². The smallest absolute Gasteiger partial charge is 0.433 e. The lowest BCUT2D eigenvalue weighted by Crippen LogP contribution is -2.16. The summed E-state index contributed by atoms with van der Waals surface area (Å²) in [7, 11) is 0. The van der Waals surface area contributed by atoms with Crippen LogP contribution >= 0.6 is 22.6 Å². The minimum atomic E-state index is -4.83. The topological polar surface area (TPSA) is 39.2 Å². The number of carbonyl (C=O) groups is 1. The Morgan fingerprint density at radius 2 is 2.05 bits per heavy atom. The Morgan fingerprint density at radius 3 is 2.47 bits per heavy atom. The molecule has 9 heteroatoms. The van der Waals surface area contributed by atoms with Crippen LogP contribution in [0.25, 0.3) is 0 Å². The summed E-state index contributed by atoms with van der Waals surface area (Å²) in [6, 6.07) is 0.279. The molecule has 1 heterocycles. The Balaban J connectivity index is 3.46. The molecule has 0 N–H and O–H groups in total. The second kappa shape index (κ2) is 5.97. The van der Waals surface area contributed by atoms with Crippen LogP contribution in [0.5, 0.6) is 0 Å². The fourth-order valence-electron chi connectivity index (χ4n) is 1.25. The van der Waals surface area contributed by atoms with Crippen LogP contribution in [0, 0.1) is 3.70 Å². The molecule has 0 saturated heterocycles. The quantitative estimate of drug-likeness (QED) is 0.338. The third-order valence-electron chi connectivity index (χ3n) is 2.02. The fourth-order valence-corrected chi connectivity index (χ4v) is 2.04. The van der Waals surface area contributed by atoms with Gasteiger partial charge in [0.25, 0.3) is 6.43 Å². The summed E-state index contributed by atoms with van der Waals surface area (Å²) in [5.74, 6) is -1.23. The first-order chi connectivity index (χ1) is 8.68. The highest BCUT2D eigenvalue weighted by Crippen LogP contribution is 2.34. The van der Waals surface area contributed by atoms with E-state index in [9.17, 15) is 26.7 Å². The molecule has 0 spiro atoms. The number of rotatable bonds is 3. The number of hydrogen-bond donors (Lipinski definition) is 0. The maximum absolute atomic E-state index is 12.8. The minimum Gasteiger partial charge on any atom is -0.462 e. The Labute approximate surface area is 118 Å². The van der Waals surface area contributed by atoms with E-state index in [1.807, 2.05) is 0 Å². The van der Waals surface area contributed by atoms with Gasteiger partial charge in [0.2, 0.25) is 0 Å². The van der Waals surface area contributed by atoms with Gasteiger partial charge in [0.15, 0.2) is 0 Å². The van der Waals surface area contributed by atoms with E-state index in [1.165, 1.54) is 29.5 Å². The number of pyridine rings is 1. The van der Waals surface area contributed by atoms with Gasteiger partial charge in [-0.05, 0) is 35.6 Å². The zero-order valence-electron chi connectivity index (χ0n) is 9.39. The zero-order valence-corrected chi connectivity index (χ0v) is 11.6. The number of nitrogens with zero attached hydrogens (tertiary/aromatic N) is 1. The molecule has 3 nitrogen and oxygen atoms in total. The number of hydrogen-bond acceptors (Lipinski definition) is 3. The van der Waals surface area contributed by atoms with E-state index in [0.29, 0.717) is 0 Å². The number of alkyl halides is 5. The molecular weight excluding hydrogens is 388 g/mol. The summed E-state index contributed by atoms with van der Waals surface area (Å²) in [6.45, 7) is 1.28. The molecule has 0 aliphatic carbocycles. The number of aromatic nitrogens is 1. The Kier molecular flexibility index (Phi) is 5.04. The molecule has 1 aromatic heterocycles. The lowest BCUT2D eigenvalue weighted by Gasteiger charge is -2.13. The van der Waals surface area contributed by atoms with Crippen molar-refractivity contribution in [3.63, 3.8) is 0 Å². The van der Waals surface area contributed by atoms with Crippen molar-refractivity contribution in [3.05, 3.63) is 26.6 Å². The van der Waals surface area contributed by atoms with E-state index < -0.39 is 39.1 Å². The van der Waals surface area contributed by atoms with E-state index in [2.05, 4.69) is 9.72 Å². The number of halogens is 6. The van der Waals surface area contributed by atoms with Gasteiger partial charge in [-0.15, -0.1) is 0 Å². The number of carbonyl (C=O) groups excluding carboxylic acids is 1. The molecule has 19 heavy (non-hydrogen) atoms. The first-order valence-electron chi connectivity index (χ1n) is 4.91. The third-order valence-corrected chi connectivity index (χ3v) is 2.84. The highest BCUT2D eigenvalue weighted by molar-refractivity contribution is 14.1. The lowest BCUT2D eigenvalue weighted by atomic mass is 10.1. The van der Waals surface area contributed by atoms with Gasteiger partial charge < -0.3 is 4.74 Å². The van der Waals surface area contributed by atoms with Crippen molar-refractivity contribution in [1.29, 1.82) is 0 Å². The van der Waals surface area contributed by atoms with Crippen LogP contribution in [0.3, 0.4) is 0 Å². The van der Waals surface area contributed by atoms with Gasteiger partial charge in [0.1, 0.15) is 9.39 Å². The summed E-state index contributed by atoms with van der Waals surface area (Å²) in [5.41, 5.74) is -3.08. The molecule has 0 radical (unpaired) electrons. The first-order valence-corrected chi connectivity index (χ1v) is 5.99. The summed E-state index contributed by atoms with van der Waals surface area (Å²) in [5, 5.41) is 0. The van der Waals surface area contributed by atoms with Gasteiger partial charge >= 0.3 is 12.1 Å². The van der Waals surface area contributed by atoms with Crippen LogP contribution in [0.1, 0.15) is 35.0 Å². The molecule has 0 saturated carbocycles. The van der Waals surface area contributed by atoms with E-state index in [1.54, 1.807) is 0 Å². The molecule has 106 valence electrons. The highest BCUT2D eigenvalue weighted by atomic mass is 127. The van der Waals surface area contributed by atoms with Crippen LogP contribution in [-0.4, -0.2) is 17.6 Å². The maximum atomic E-state index is 12.8. The fraction of sp³-hybridized carbons (Fsp3) is 0.400. The molecule has 1 rings (SSSR count). The maximum Gasteiger partial charge on any atom is 0.433 e. The zero-order chi connectivity index (χ0) is 14.8. The molecule has 0 unspecified atom stereocenters. The Bertz CT molecular complexity index is 490. The normalized spacial score (nSPS) is 11.8. The predicted molar refractivity (Wildman–Crippen MR) is 62.9 cm³/mol. The van der Waals surface area contributed by atoms with Crippen molar-refractivity contribution in [2.24, 2.45) is 0 Å². The molecule has 0 fully saturated rings. The summed E-state index contributed by atoms with van der Waals surface area (Å²) >= 11 is 1.23. The average molecular weight is 395 g/mol. The van der Waals surface area contributed by atoms with Gasteiger partial charge in [-0.3, -0.25) is 0 Å². The Morgan fingerprint density at radius 1 is 1.47 bits per heavy atom. The molecule has 0 atom stereocenters. The molecule has 0 aromatic carbocycles. The highest BCUT2D eigenvalue weighted by Gasteiger charge is 2.36. The average Bonchev–Trinajstić information content (AvgIpc) is 2.26. The molecule has 1 aromatic rings. The van der Waals surface area contributed by atoms with Crippen molar-refractivity contribution in [2.45, 2.75) is 19.5 Å². The van der Waals surface area contributed by atoms with Gasteiger partial charge in [-0.2, -0.15) is 13.2 Å². The van der Waals surface area contributed by atoms with Crippen molar-refractivity contribution in [2.75, 3.05) is 6.61 Å². The Hall–Kier alpha value is -1.00. The minimum absolute atomic E-state index is 0.137. The van der Waals surface area contributed by atoms with Gasteiger partial charge in [-0.1, -0.05) is 0 Å². The summed E-state index contributed by atoms with van der Waals surface area (Å²) in [4.78, 5) is 14.5.